The van der Waals surface area contributed by atoms with E-state index in [9.17, 15) is 19.0 Å². The lowest BCUT2D eigenvalue weighted by molar-refractivity contribution is -0.870. The Morgan fingerprint density at radius 3 is 0.966 bits per heavy atom. The molecule has 10 heteroatoms. The fraction of sp³-hybridized carbons (Fsp3) is 0.769. The molecule has 0 saturated heterocycles. The SMILES string of the molecule is CC/C=C\C/C=C\C/C=C\C/C=C\C/C=C\CCCCCCCCCCCCCCCCCCCCCC(=O)OC(COC(=O)CCCCCCCCCCCCCCCC/C=C\C/C=C\C/C=C\CCCCCCC)COP(=O)([O-])OCC[N+](C)(C)C. The van der Waals surface area contributed by atoms with E-state index < -0.39 is 26.5 Å². The zero-order valence-electron chi connectivity index (χ0n) is 58.2. The normalized spacial score (nSPS) is 13.7. The van der Waals surface area contributed by atoms with Crippen LogP contribution in [0.5, 0.6) is 0 Å². The Hall–Kier alpha value is -3.07. The lowest BCUT2D eigenvalue weighted by Gasteiger charge is -2.28. The number of likely N-dealkylation sites (N-methyl/N-ethyl adjacent to an activating group) is 1. The number of nitrogens with zero attached hydrogens (tertiary/aromatic N) is 1. The highest BCUT2D eigenvalue weighted by Crippen LogP contribution is 2.38. The first kappa shape index (κ1) is 84.9. The largest absolute Gasteiger partial charge is 0.756 e. The van der Waals surface area contributed by atoms with Crippen LogP contribution in [0, 0.1) is 0 Å². The summed E-state index contributed by atoms with van der Waals surface area (Å²) < 4.78 is 34.4. The molecule has 0 heterocycles. The predicted octanol–water partition coefficient (Wildman–Crippen LogP) is 23.6. The molecule has 0 aromatic heterocycles. The van der Waals surface area contributed by atoms with Crippen LogP contribution in [-0.2, 0) is 32.7 Å². The Bertz CT molecular complexity index is 1810. The van der Waals surface area contributed by atoms with Crippen molar-refractivity contribution in [3.05, 3.63) is 97.2 Å². The number of ether oxygens (including phenoxy) is 2. The molecule has 2 atom stereocenters. The van der Waals surface area contributed by atoms with Gasteiger partial charge >= 0.3 is 11.9 Å². The predicted molar refractivity (Wildman–Crippen MR) is 379 cm³/mol. The highest BCUT2D eigenvalue weighted by Gasteiger charge is 2.22. The van der Waals surface area contributed by atoms with Crippen molar-refractivity contribution in [1.29, 1.82) is 0 Å². The third-order valence-corrected chi connectivity index (χ3v) is 17.1. The maximum atomic E-state index is 12.9. The summed E-state index contributed by atoms with van der Waals surface area (Å²) in [6.07, 6.45) is 95.0. The van der Waals surface area contributed by atoms with E-state index in [1.54, 1.807) is 0 Å². The molecule has 0 aliphatic heterocycles. The topological polar surface area (TPSA) is 111 Å². The number of allylic oxidation sites excluding steroid dienone is 16. The second-order valence-corrected chi connectivity index (χ2v) is 27.3. The van der Waals surface area contributed by atoms with E-state index in [1.807, 2.05) is 21.1 Å². The van der Waals surface area contributed by atoms with Gasteiger partial charge in [0.2, 0.25) is 0 Å². The van der Waals surface area contributed by atoms with Crippen molar-refractivity contribution in [2.45, 2.75) is 341 Å². The molecular weight excluding hydrogens is 1110 g/mol. The van der Waals surface area contributed by atoms with Crippen molar-refractivity contribution in [2.75, 3.05) is 47.5 Å². The highest BCUT2D eigenvalue weighted by molar-refractivity contribution is 7.45. The van der Waals surface area contributed by atoms with E-state index in [0.717, 1.165) is 83.5 Å². The van der Waals surface area contributed by atoms with Crippen molar-refractivity contribution in [2.24, 2.45) is 0 Å². The van der Waals surface area contributed by atoms with Gasteiger partial charge in [-0.3, -0.25) is 14.2 Å². The molecule has 0 spiro atoms. The van der Waals surface area contributed by atoms with Gasteiger partial charge in [0, 0.05) is 12.8 Å². The molecule has 0 aliphatic rings. The third kappa shape index (κ3) is 72.0. The van der Waals surface area contributed by atoms with E-state index in [0.29, 0.717) is 17.4 Å². The molecule has 0 bridgehead atoms. The van der Waals surface area contributed by atoms with Crippen LogP contribution in [0.25, 0.3) is 0 Å². The number of hydrogen-bond donors (Lipinski definition) is 0. The first-order valence-corrected chi connectivity index (χ1v) is 38.4. The van der Waals surface area contributed by atoms with Crippen LogP contribution in [0.3, 0.4) is 0 Å². The molecule has 0 fully saturated rings. The van der Waals surface area contributed by atoms with Crippen LogP contribution in [0.1, 0.15) is 335 Å². The molecule has 0 N–H and O–H groups in total. The van der Waals surface area contributed by atoms with Crippen LogP contribution in [-0.4, -0.2) is 70.0 Å². The molecule has 2 unspecified atom stereocenters. The number of phosphoric ester groups is 1. The van der Waals surface area contributed by atoms with Gasteiger partial charge in [-0.2, -0.15) is 0 Å². The number of esters is 2. The number of carbonyl (C=O) groups is 2. The Morgan fingerprint density at radius 1 is 0.364 bits per heavy atom. The summed E-state index contributed by atoms with van der Waals surface area (Å²) in [6, 6.07) is 0. The van der Waals surface area contributed by atoms with E-state index in [2.05, 4.69) is 111 Å². The molecule has 0 rings (SSSR count). The average molecular weight is 1250 g/mol. The standard InChI is InChI=1S/C78H140NO8P/c1-6-8-10-12-14-16-18-20-22-24-26-28-30-32-34-36-37-38-39-40-41-43-45-47-49-51-53-55-57-59-61-63-65-67-69-71-78(81)87-76(75-86-88(82,83)85-73-72-79(3,4)5)74-84-77(80)70-68-66-64-62-60-58-56-54-52-50-48-46-44-42-35-33-31-29-27-25-23-21-19-17-15-13-11-9-7-2/h8,10,14,16,19-22,25-28,31-34,76H,6-7,9,11-13,15,17-18,23-24,29-30,35-75H2,1-5H3/b10-8-,16-14-,21-19-,22-20-,27-25-,28-26-,33-31-,34-32-. The maximum absolute atomic E-state index is 12.9. The second kappa shape index (κ2) is 68.3. The van der Waals surface area contributed by atoms with Crippen LogP contribution in [0.15, 0.2) is 97.2 Å². The first-order chi connectivity index (χ1) is 43.0. The maximum Gasteiger partial charge on any atom is 0.306 e. The number of rotatable bonds is 68. The Balaban J connectivity index is 4.00. The van der Waals surface area contributed by atoms with Crippen molar-refractivity contribution in [1.82, 2.24) is 0 Å². The fourth-order valence-corrected chi connectivity index (χ4v) is 11.2. The highest BCUT2D eigenvalue weighted by atomic mass is 31.2. The summed E-state index contributed by atoms with van der Waals surface area (Å²) in [5.74, 6) is -0.822. The minimum absolute atomic E-state index is 0.0321. The van der Waals surface area contributed by atoms with Gasteiger partial charge in [0.1, 0.15) is 19.8 Å². The number of carbonyl (C=O) groups excluding carboxylic acids is 2. The summed E-state index contributed by atoms with van der Waals surface area (Å²) in [6.45, 7) is 4.15. The number of phosphoric acid groups is 1. The van der Waals surface area contributed by atoms with Crippen molar-refractivity contribution >= 4 is 19.8 Å². The van der Waals surface area contributed by atoms with Crippen LogP contribution < -0.4 is 4.89 Å². The lowest BCUT2D eigenvalue weighted by Crippen LogP contribution is -2.37. The quantitative estimate of drug-likeness (QED) is 0.0195. The van der Waals surface area contributed by atoms with Crippen LogP contribution in [0.4, 0.5) is 0 Å². The van der Waals surface area contributed by atoms with Crippen molar-refractivity contribution < 1.29 is 42.1 Å². The van der Waals surface area contributed by atoms with Gasteiger partial charge < -0.3 is 27.9 Å². The van der Waals surface area contributed by atoms with Crippen molar-refractivity contribution in [3.63, 3.8) is 0 Å². The first-order valence-electron chi connectivity index (χ1n) is 36.9. The molecular formula is C78H140NO8P. The van der Waals surface area contributed by atoms with E-state index in [1.165, 1.54) is 218 Å². The minimum atomic E-state index is -4.65. The summed E-state index contributed by atoms with van der Waals surface area (Å²) >= 11 is 0. The van der Waals surface area contributed by atoms with Gasteiger partial charge in [0.25, 0.3) is 7.82 Å². The molecule has 0 radical (unpaired) electrons. The van der Waals surface area contributed by atoms with Gasteiger partial charge in [0.15, 0.2) is 6.10 Å². The zero-order valence-corrected chi connectivity index (χ0v) is 59.1. The molecule has 0 aliphatic carbocycles. The Morgan fingerprint density at radius 2 is 0.648 bits per heavy atom. The molecule has 88 heavy (non-hydrogen) atoms. The number of hydrogen-bond acceptors (Lipinski definition) is 8. The monoisotopic (exact) mass is 1250 g/mol. The third-order valence-electron chi connectivity index (χ3n) is 16.1. The molecule has 0 saturated carbocycles. The molecule has 0 aromatic carbocycles. The molecule has 0 aromatic rings. The van der Waals surface area contributed by atoms with E-state index >= 15 is 0 Å². The summed E-state index contributed by atoms with van der Waals surface area (Å²) in [7, 11) is 1.17. The number of unbranched alkanes of at least 4 members (excludes halogenated alkanes) is 38. The van der Waals surface area contributed by atoms with Gasteiger partial charge in [-0.25, -0.2) is 0 Å². The van der Waals surface area contributed by atoms with E-state index in [-0.39, 0.29) is 32.0 Å². The van der Waals surface area contributed by atoms with Gasteiger partial charge in [-0.05, 0) is 96.3 Å². The van der Waals surface area contributed by atoms with Crippen molar-refractivity contribution in [3.8, 4) is 0 Å². The Kier molecular flexibility index (Phi) is 65.9. The zero-order chi connectivity index (χ0) is 64.1. The van der Waals surface area contributed by atoms with Crippen LogP contribution in [0.2, 0.25) is 0 Å². The Labute approximate surface area is 544 Å². The minimum Gasteiger partial charge on any atom is -0.756 e. The summed E-state index contributed by atoms with van der Waals surface area (Å²) in [4.78, 5) is 38.1. The second-order valence-electron chi connectivity index (χ2n) is 25.9. The molecule has 9 nitrogen and oxygen atoms in total. The summed E-state index contributed by atoms with van der Waals surface area (Å²) in [5, 5.41) is 0. The summed E-state index contributed by atoms with van der Waals surface area (Å²) in [5.41, 5.74) is 0. The van der Waals surface area contributed by atoms with Crippen LogP contribution >= 0.6 is 7.82 Å². The number of quaternary nitrogens is 1. The van der Waals surface area contributed by atoms with E-state index in [4.69, 9.17) is 18.5 Å². The molecule has 510 valence electrons. The average Bonchev–Trinajstić information content (AvgIpc) is 3.57. The molecule has 0 amide bonds. The smallest absolute Gasteiger partial charge is 0.306 e. The van der Waals surface area contributed by atoms with Gasteiger partial charge in [-0.15, -0.1) is 0 Å². The lowest BCUT2D eigenvalue weighted by atomic mass is 10.0. The fourth-order valence-electron chi connectivity index (χ4n) is 10.5. The van der Waals surface area contributed by atoms with Gasteiger partial charge in [0.05, 0.1) is 27.7 Å². The van der Waals surface area contributed by atoms with Gasteiger partial charge in [-0.1, -0.05) is 323 Å².